The van der Waals surface area contributed by atoms with E-state index < -0.39 is 5.91 Å². The van der Waals surface area contributed by atoms with E-state index in [1.165, 1.54) is 5.56 Å². The maximum absolute atomic E-state index is 11.5. The SMILES string of the molecule is NCCN(Cc1ccccc1)c1ccccc1C(N)=O. The Bertz CT molecular complexity index is 569. The maximum Gasteiger partial charge on any atom is 0.250 e. The number of amides is 1. The van der Waals surface area contributed by atoms with Gasteiger partial charge < -0.3 is 16.4 Å². The number of benzene rings is 2. The number of para-hydroxylation sites is 1. The Morgan fingerprint density at radius 2 is 1.65 bits per heavy atom. The Labute approximate surface area is 119 Å². The topological polar surface area (TPSA) is 72.3 Å². The monoisotopic (exact) mass is 269 g/mol. The van der Waals surface area contributed by atoms with Crippen molar-refractivity contribution in [1.82, 2.24) is 0 Å². The fourth-order valence-corrected chi connectivity index (χ4v) is 2.20. The number of carbonyl (C=O) groups excluding carboxylic acids is 1. The van der Waals surface area contributed by atoms with E-state index in [9.17, 15) is 4.79 Å². The zero-order valence-electron chi connectivity index (χ0n) is 11.3. The van der Waals surface area contributed by atoms with Gasteiger partial charge in [0.15, 0.2) is 0 Å². The normalized spacial score (nSPS) is 10.2. The van der Waals surface area contributed by atoms with E-state index in [-0.39, 0.29) is 0 Å². The van der Waals surface area contributed by atoms with Crippen LogP contribution in [0.15, 0.2) is 54.6 Å². The van der Waals surface area contributed by atoms with Crippen LogP contribution in [0.3, 0.4) is 0 Å². The van der Waals surface area contributed by atoms with Gasteiger partial charge in [-0.3, -0.25) is 4.79 Å². The molecule has 4 N–H and O–H groups in total. The Morgan fingerprint density at radius 1 is 1.00 bits per heavy atom. The van der Waals surface area contributed by atoms with Gasteiger partial charge in [0, 0.05) is 25.3 Å². The van der Waals surface area contributed by atoms with Crippen LogP contribution < -0.4 is 16.4 Å². The van der Waals surface area contributed by atoms with Crippen LogP contribution in [0.5, 0.6) is 0 Å². The molecule has 0 atom stereocenters. The Balaban J connectivity index is 2.31. The molecule has 1 amide bonds. The van der Waals surface area contributed by atoms with Crippen molar-refractivity contribution in [2.24, 2.45) is 11.5 Å². The molecule has 0 aliphatic heterocycles. The number of rotatable bonds is 6. The van der Waals surface area contributed by atoms with Crippen molar-refractivity contribution in [2.45, 2.75) is 6.54 Å². The molecule has 0 saturated carbocycles. The molecule has 0 aromatic heterocycles. The minimum Gasteiger partial charge on any atom is -0.366 e. The van der Waals surface area contributed by atoms with Gasteiger partial charge in [0.05, 0.1) is 5.56 Å². The average molecular weight is 269 g/mol. The van der Waals surface area contributed by atoms with Crippen LogP contribution >= 0.6 is 0 Å². The quantitative estimate of drug-likeness (QED) is 0.839. The molecule has 2 aromatic carbocycles. The number of primary amides is 1. The van der Waals surface area contributed by atoms with Crippen LogP contribution in [-0.4, -0.2) is 19.0 Å². The van der Waals surface area contributed by atoms with E-state index in [0.717, 1.165) is 5.69 Å². The lowest BCUT2D eigenvalue weighted by Gasteiger charge is -2.26. The Morgan fingerprint density at radius 3 is 2.30 bits per heavy atom. The standard InChI is InChI=1S/C16H19N3O/c17-10-11-19(12-13-6-2-1-3-7-13)15-9-5-4-8-14(15)16(18)20/h1-9H,10-12,17H2,(H2,18,20). The summed E-state index contributed by atoms with van der Waals surface area (Å²) in [6.07, 6.45) is 0. The van der Waals surface area contributed by atoms with E-state index in [2.05, 4.69) is 17.0 Å². The third kappa shape index (κ3) is 3.36. The van der Waals surface area contributed by atoms with Crippen molar-refractivity contribution in [1.29, 1.82) is 0 Å². The highest BCUT2D eigenvalue weighted by Gasteiger charge is 2.14. The minimum absolute atomic E-state index is 0.421. The van der Waals surface area contributed by atoms with Crippen LogP contribution in [0.1, 0.15) is 15.9 Å². The second kappa shape index (κ2) is 6.73. The summed E-state index contributed by atoms with van der Waals surface area (Å²) < 4.78 is 0. The van der Waals surface area contributed by atoms with Gasteiger partial charge in [-0.15, -0.1) is 0 Å². The largest absolute Gasteiger partial charge is 0.366 e. The molecule has 4 heteroatoms. The van der Waals surface area contributed by atoms with Crippen molar-refractivity contribution in [2.75, 3.05) is 18.0 Å². The first-order valence-electron chi connectivity index (χ1n) is 6.60. The summed E-state index contributed by atoms with van der Waals surface area (Å²) in [6, 6.07) is 17.4. The van der Waals surface area contributed by atoms with Gasteiger partial charge in [-0.2, -0.15) is 0 Å². The number of anilines is 1. The molecule has 0 unspecified atom stereocenters. The van der Waals surface area contributed by atoms with Crippen molar-refractivity contribution in [3.05, 3.63) is 65.7 Å². The van der Waals surface area contributed by atoms with Crippen molar-refractivity contribution in [3.63, 3.8) is 0 Å². The first-order chi connectivity index (χ1) is 9.72. The summed E-state index contributed by atoms with van der Waals surface area (Å²) in [5.74, 6) is -0.421. The van der Waals surface area contributed by atoms with Crippen LogP contribution in [0.25, 0.3) is 0 Å². The first kappa shape index (κ1) is 14.1. The number of nitrogens with zero attached hydrogens (tertiary/aromatic N) is 1. The lowest BCUT2D eigenvalue weighted by molar-refractivity contribution is 0.100. The molecule has 20 heavy (non-hydrogen) atoms. The van der Waals surface area contributed by atoms with E-state index in [1.807, 2.05) is 36.4 Å². The van der Waals surface area contributed by atoms with Gasteiger partial charge in [0.25, 0.3) is 5.91 Å². The predicted octanol–water partition coefficient (Wildman–Crippen LogP) is 1.75. The van der Waals surface area contributed by atoms with Crippen molar-refractivity contribution >= 4 is 11.6 Å². The van der Waals surface area contributed by atoms with Gasteiger partial charge >= 0.3 is 0 Å². The number of hydrogen-bond acceptors (Lipinski definition) is 3. The number of nitrogens with two attached hydrogens (primary N) is 2. The summed E-state index contributed by atoms with van der Waals surface area (Å²) in [6.45, 7) is 1.88. The molecule has 0 aliphatic carbocycles. The van der Waals surface area contributed by atoms with Crippen LogP contribution in [0.4, 0.5) is 5.69 Å². The van der Waals surface area contributed by atoms with Crippen LogP contribution in [0, 0.1) is 0 Å². The van der Waals surface area contributed by atoms with Crippen LogP contribution in [0.2, 0.25) is 0 Å². The smallest absolute Gasteiger partial charge is 0.250 e. The molecule has 0 aliphatic rings. The van der Waals surface area contributed by atoms with Gasteiger partial charge in [-0.05, 0) is 17.7 Å². The highest BCUT2D eigenvalue weighted by atomic mass is 16.1. The lowest BCUT2D eigenvalue weighted by Crippen LogP contribution is -2.31. The summed E-state index contributed by atoms with van der Waals surface area (Å²) in [5.41, 5.74) is 13.7. The molecule has 2 aromatic rings. The molecule has 0 bridgehead atoms. The summed E-state index contributed by atoms with van der Waals surface area (Å²) in [5, 5.41) is 0. The highest BCUT2D eigenvalue weighted by Crippen LogP contribution is 2.21. The molecule has 0 heterocycles. The zero-order valence-corrected chi connectivity index (χ0v) is 11.3. The molecule has 0 radical (unpaired) electrons. The third-order valence-electron chi connectivity index (χ3n) is 3.13. The molecular weight excluding hydrogens is 250 g/mol. The summed E-state index contributed by atoms with van der Waals surface area (Å²) in [4.78, 5) is 13.6. The average Bonchev–Trinajstić information content (AvgIpc) is 2.48. The maximum atomic E-state index is 11.5. The highest BCUT2D eigenvalue weighted by molar-refractivity contribution is 5.98. The Hall–Kier alpha value is -2.33. The van der Waals surface area contributed by atoms with Gasteiger partial charge in [-0.25, -0.2) is 0 Å². The summed E-state index contributed by atoms with van der Waals surface area (Å²) >= 11 is 0. The zero-order chi connectivity index (χ0) is 14.4. The predicted molar refractivity (Wildman–Crippen MR) is 81.5 cm³/mol. The minimum atomic E-state index is -0.421. The second-order valence-electron chi connectivity index (χ2n) is 4.58. The van der Waals surface area contributed by atoms with Gasteiger partial charge in [0.2, 0.25) is 0 Å². The van der Waals surface area contributed by atoms with Crippen molar-refractivity contribution < 1.29 is 4.79 Å². The first-order valence-corrected chi connectivity index (χ1v) is 6.60. The van der Waals surface area contributed by atoms with E-state index >= 15 is 0 Å². The number of hydrogen-bond donors (Lipinski definition) is 2. The van der Waals surface area contributed by atoms with Gasteiger partial charge in [0.1, 0.15) is 0 Å². The third-order valence-corrected chi connectivity index (χ3v) is 3.13. The van der Waals surface area contributed by atoms with Crippen LogP contribution in [-0.2, 0) is 6.54 Å². The van der Waals surface area contributed by atoms with E-state index in [1.54, 1.807) is 6.07 Å². The molecule has 104 valence electrons. The molecule has 2 rings (SSSR count). The van der Waals surface area contributed by atoms with E-state index in [0.29, 0.717) is 25.2 Å². The molecule has 0 spiro atoms. The second-order valence-corrected chi connectivity index (χ2v) is 4.58. The fraction of sp³-hybridized carbons (Fsp3) is 0.188. The fourth-order valence-electron chi connectivity index (χ4n) is 2.20. The van der Waals surface area contributed by atoms with E-state index in [4.69, 9.17) is 11.5 Å². The lowest BCUT2D eigenvalue weighted by atomic mass is 10.1. The molecular formula is C16H19N3O. The number of carbonyl (C=O) groups is 1. The summed E-state index contributed by atoms with van der Waals surface area (Å²) in [7, 11) is 0. The van der Waals surface area contributed by atoms with Crippen molar-refractivity contribution in [3.8, 4) is 0 Å². The molecule has 0 saturated heterocycles. The Kier molecular flexibility index (Phi) is 4.74. The van der Waals surface area contributed by atoms with Gasteiger partial charge in [-0.1, -0.05) is 42.5 Å². The molecule has 0 fully saturated rings. The molecule has 4 nitrogen and oxygen atoms in total.